The van der Waals surface area contributed by atoms with E-state index in [2.05, 4.69) is 0 Å². The zero-order chi connectivity index (χ0) is 9.68. The van der Waals surface area contributed by atoms with Crippen molar-refractivity contribution in [1.82, 2.24) is 4.90 Å². The number of likely N-dealkylation sites (tertiary alicyclic amines) is 1. The fourth-order valence-electron chi connectivity index (χ4n) is 1.71. The summed E-state index contributed by atoms with van der Waals surface area (Å²) in [4.78, 5) is 13.3. The van der Waals surface area contributed by atoms with Crippen LogP contribution in [-0.4, -0.2) is 44.2 Å². The molecule has 0 aromatic heterocycles. The molecule has 0 aromatic carbocycles. The molecule has 1 atom stereocenters. The molecular formula is C9H18N2O2. The first-order valence-electron chi connectivity index (χ1n) is 4.74. The van der Waals surface area contributed by atoms with Crippen molar-refractivity contribution in [1.29, 1.82) is 0 Å². The average molecular weight is 186 g/mol. The van der Waals surface area contributed by atoms with Gasteiger partial charge in [-0.1, -0.05) is 0 Å². The number of hydrogen-bond donors (Lipinski definition) is 1. The first-order chi connectivity index (χ1) is 6.27. The van der Waals surface area contributed by atoms with Crippen molar-refractivity contribution in [2.75, 3.05) is 33.4 Å². The molecule has 0 saturated carbocycles. The Balaban J connectivity index is 2.27. The predicted molar refractivity (Wildman–Crippen MR) is 50.2 cm³/mol. The molecule has 1 saturated heterocycles. The van der Waals surface area contributed by atoms with Gasteiger partial charge in [0.1, 0.15) is 0 Å². The molecule has 1 amide bonds. The van der Waals surface area contributed by atoms with Gasteiger partial charge in [-0.3, -0.25) is 4.79 Å². The molecule has 1 aliphatic rings. The van der Waals surface area contributed by atoms with Crippen LogP contribution in [0.1, 0.15) is 12.8 Å². The third-order valence-corrected chi connectivity index (χ3v) is 2.40. The summed E-state index contributed by atoms with van der Waals surface area (Å²) in [6, 6.07) is 0. The van der Waals surface area contributed by atoms with Crippen molar-refractivity contribution in [3.8, 4) is 0 Å². The van der Waals surface area contributed by atoms with Crippen LogP contribution < -0.4 is 5.73 Å². The van der Waals surface area contributed by atoms with Gasteiger partial charge in [-0.25, -0.2) is 0 Å². The van der Waals surface area contributed by atoms with Crippen LogP contribution in [0.5, 0.6) is 0 Å². The number of hydrogen-bond acceptors (Lipinski definition) is 3. The SMILES string of the molecule is COCC1CCN(C(=O)CCN)C1. The number of carbonyl (C=O) groups excluding carboxylic acids is 1. The van der Waals surface area contributed by atoms with Gasteiger partial charge in [0.05, 0.1) is 6.61 Å². The predicted octanol–water partition coefficient (Wildman–Crippen LogP) is -0.170. The molecule has 0 aliphatic carbocycles. The lowest BCUT2D eigenvalue weighted by atomic mass is 10.1. The second-order valence-corrected chi connectivity index (χ2v) is 3.49. The van der Waals surface area contributed by atoms with E-state index >= 15 is 0 Å². The van der Waals surface area contributed by atoms with Gasteiger partial charge in [0, 0.05) is 39.1 Å². The van der Waals surface area contributed by atoms with Crippen LogP contribution in [0.4, 0.5) is 0 Å². The maximum absolute atomic E-state index is 11.4. The van der Waals surface area contributed by atoms with Gasteiger partial charge in [-0.05, 0) is 6.42 Å². The normalized spacial score (nSPS) is 22.3. The number of rotatable bonds is 4. The van der Waals surface area contributed by atoms with Gasteiger partial charge in [-0.15, -0.1) is 0 Å². The Labute approximate surface area is 79.0 Å². The number of nitrogens with zero attached hydrogens (tertiary/aromatic N) is 1. The van der Waals surface area contributed by atoms with E-state index in [1.54, 1.807) is 7.11 Å². The van der Waals surface area contributed by atoms with Crippen molar-refractivity contribution in [2.24, 2.45) is 11.7 Å². The van der Waals surface area contributed by atoms with Crippen molar-refractivity contribution >= 4 is 5.91 Å². The van der Waals surface area contributed by atoms with E-state index in [4.69, 9.17) is 10.5 Å². The van der Waals surface area contributed by atoms with Crippen LogP contribution in [0.3, 0.4) is 0 Å². The average Bonchev–Trinajstić information content (AvgIpc) is 2.54. The highest BCUT2D eigenvalue weighted by Crippen LogP contribution is 2.16. The number of nitrogens with two attached hydrogens (primary N) is 1. The number of ether oxygens (including phenoxy) is 1. The van der Waals surface area contributed by atoms with E-state index in [1.165, 1.54) is 0 Å². The Morgan fingerprint density at radius 1 is 1.69 bits per heavy atom. The molecule has 1 fully saturated rings. The fourth-order valence-corrected chi connectivity index (χ4v) is 1.71. The summed E-state index contributed by atoms with van der Waals surface area (Å²) in [5.74, 6) is 0.702. The highest BCUT2D eigenvalue weighted by atomic mass is 16.5. The Hall–Kier alpha value is -0.610. The van der Waals surface area contributed by atoms with E-state index in [0.29, 0.717) is 18.9 Å². The van der Waals surface area contributed by atoms with Gasteiger partial charge in [0.25, 0.3) is 0 Å². The lowest BCUT2D eigenvalue weighted by molar-refractivity contribution is -0.130. The van der Waals surface area contributed by atoms with Crippen LogP contribution in [0, 0.1) is 5.92 Å². The molecule has 0 radical (unpaired) electrons. The monoisotopic (exact) mass is 186 g/mol. The highest BCUT2D eigenvalue weighted by Gasteiger charge is 2.25. The van der Waals surface area contributed by atoms with Gasteiger partial charge in [0.15, 0.2) is 0 Å². The summed E-state index contributed by atoms with van der Waals surface area (Å²) in [7, 11) is 1.70. The molecular weight excluding hydrogens is 168 g/mol. The van der Waals surface area contributed by atoms with Gasteiger partial charge in [-0.2, -0.15) is 0 Å². The van der Waals surface area contributed by atoms with E-state index in [9.17, 15) is 4.79 Å². The quantitative estimate of drug-likeness (QED) is 0.663. The standard InChI is InChI=1S/C9H18N2O2/c1-13-7-8-3-5-11(6-8)9(12)2-4-10/h8H,2-7,10H2,1H3. The molecule has 4 nitrogen and oxygen atoms in total. The second kappa shape index (κ2) is 5.19. The lowest BCUT2D eigenvalue weighted by Crippen LogP contribution is -2.30. The Morgan fingerprint density at radius 3 is 3.08 bits per heavy atom. The molecule has 13 heavy (non-hydrogen) atoms. The molecule has 76 valence electrons. The third-order valence-electron chi connectivity index (χ3n) is 2.40. The summed E-state index contributed by atoms with van der Waals surface area (Å²) < 4.78 is 5.05. The summed E-state index contributed by atoms with van der Waals surface area (Å²) >= 11 is 0. The van der Waals surface area contributed by atoms with E-state index < -0.39 is 0 Å². The fraction of sp³-hybridized carbons (Fsp3) is 0.889. The molecule has 0 bridgehead atoms. The molecule has 1 aliphatic heterocycles. The van der Waals surface area contributed by atoms with E-state index in [1.807, 2.05) is 4.90 Å². The summed E-state index contributed by atoms with van der Waals surface area (Å²) in [5.41, 5.74) is 5.32. The van der Waals surface area contributed by atoms with Crippen molar-refractivity contribution in [3.05, 3.63) is 0 Å². The second-order valence-electron chi connectivity index (χ2n) is 3.49. The molecule has 2 N–H and O–H groups in total. The van der Waals surface area contributed by atoms with Gasteiger partial charge >= 0.3 is 0 Å². The Morgan fingerprint density at radius 2 is 2.46 bits per heavy atom. The largest absolute Gasteiger partial charge is 0.384 e. The Kier molecular flexibility index (Phi) is 4.18. The third kappa shape index (κ3) is 2.97. The molecule has 4 heteroatoms. The lowest BCUT2D eigenvalue weighted by Gasteiger charge is -2.15. The molecule has 1 heterocycles. The molecule has 0 spiro atoms. The molecule has 1 unspecified atom stereocenters. The van der Waals surface area contributed by atoms with Crippen LogP contribution in [0.2, 0.25) is 0 Å². The maximum Gasteiger partial charge on any atom is 0.223 e. The minimum atomic E-state index is 0.182. The first kappa shape index (κ1) is 10.5. The molecule has 1 rings (SSSR count). The number of methoxy groups -OCH3 is 1. The number of carbonyl (C=O) groups is 1. The smallest absolute Gasteiger partial charge is 0.223 e. The van der Waals surface area contributed by atoms with Crippen molar-refractivity contribution in [3.63, 3.8) is 0 Å². The number of amides is 1. The minimum Gasteiger partial charge on any atom is -0.384 e. The van der Waals surface area contributed by atoms with Crippen molar-refractivity contribution in [2.45, 2.75) is 12.8 Å². The van der Waals surface area contributed by atoms with Crippen molar-refractivity contribution < 1.29 is 9.53 Å². The highest BCUT2D eigenvalue weighted by molar-refractivity contribution is 5.76. The van der Waals surface area contributed by atoms with Crippen LogP contribution in [0.15, 0.2) is 0 Å². The van der Waals surface area contributed by atoms with Crippen LogP contribution in [-0.2, 0) is 9.53 Å². The minimum absolute atomic E-state index is 0.182. The van der Waals surface area contributed by atoms with Gasteiger partial charge < -0.3 is 15.4 Å². The zero-order valence-electron chi connectivity index (χ0n) is 8.16. The summed E-state index contributed by atoms with van der Waals surface area (Å²) in [6.07, 6.45) is 1.53. The van der Waals surface area contributed by atoms with Gasteiger partial charge in [0.2, 0.25) is 5.91 Å². The van der Waals surface area contributed by atoms with E-state index in [0.717, 1.165) is 26.1 Å². The topological polar surface area (TPSA) is 55.6 Å². The summed E-state index contributed by atoms with van der Waals surface area (Å²) in [5, 5.41) is 0. The maximum atomic E-state index is 11.4. The van der Waals surface area contributed by atoms with Crippen LogP contribution in [0.25, 0.3) is 0 Å². The first-order valence-corrected chi connectivity index (χ1v) is 4.74. The van der Waals surface area contributed by atoms with E-state index in [-0.39, 0.29) is 5.91 Å². The molecule has 0 aromatic rings. The van der Waals surface area contributed by atoms with Crippen LogP contribution >= 0.6 is 0 Å². The summed E-state index contributed by atoms with van der Waals surface area (Å²) in [6.45, 7) is 2.91. The zero-order valence-corrected chi connectivity index (χ0v) is 8.16. The Bertz CT molecular complexity index is 173.